The van der Waals surface area contributed by atoms with Crippen LogP contribution in [0.15, 0.2) is 6.20 Å². The topological polar surface area (TPSA) is 47.4 Å². The van der Waals surface area contributed by atoms with Crippen LogP contribution in [-0.4, -0.2) is 45.9 Å². The van der Waals surface area contributed by atoms with Gasteiger partial charge in [-0.3, -0.25) is 9.48 Å². The zero-order valence-corrected chi connectivity index (χ0v) is 11.6. The van der Waals surface area contributed by atoms with Crippen LogP contribution in [0.3, 0.4) is 0 Å². The second kappa shape index (κ2) is 5.28. The predicted octanol–water partition coefficient (Wildman–Crippen LogP) is 1.48. The van der Waals surface area contributed by atoms with Crippen molar-refractivity contribution in [2.75, 3.05) is 13.1 Å². The van der Waals surface area contributed by atoms with Crippen LogP contribution in [-0.2, 0) is 16.1 Å². The Morgan fingerprint density at radius 1 is 1.50 bits per heavy atom. The van der Waals surface area contributed by atoms with E-state index in [1.165, 1.54) is 0 Å². The molecule has 1 fully saturated rings. The quantitative estimate of drug-likeness (QED) is 0.819. The van der Waals surface area contributed by atoms with E-state index < -0.39 is 0 Å². The maximum absolute atomic E-state index is 12.1. The van der Waals surface area contributed by atoms with Crippen LogP contribution < -0.4 is 0 Å². The molecule has 0 aromatic carbocycles. The molecular formula is C12H18ClN3O2. The van der Waals surface area contributed by atoms with Gasteiger partial charge in [0.2, 0.25) is 5.91 Å². The van der Waals surface area contributed by atoms with E-state index in [9.17, 15) is 4.79 Å². The van der Waals surface area contributed by atoms with E-state index in [-0.39, 0.29) is 24.7 Å². The van der Waals surface area contributed by atoms with E-state index in [1.54, 1.807) is 10.9 Å². The smallest absolute Gasteiger partial charge is 0.244 e. The first-order valence-electron chi connectivity index (χ1n) is 6.08. The van der Waals surface area contributed by atoms with Crippen LogP contribution in [0.2, 0.25) is 5.02 Å². The second-order valence-electron chi connectivity index (χ2n) is 4.82. The number of hydrogen-bond acceptors (Lipinski definition) is 3. The molecule has 6 heteroatoms. The number of carbonyl (C=O) groups is 1. The van der Waals surface area contributed by atoms with E-state index in [2.05, 4.69) is 5.10 Å². The van der Waals surface area contributed by atoms with E-state index in [4.69, 9.17) is 16.3 Å². The van der Waals surface area contributed by atoms with Gasteiger partial charge in [-0.2, -0.15) is 5.10 Å². The number of rotatable bonds is 2. The number of halogens is 1. The van der Waals surface area contributed by atoms with Crippen molar-refractivity contribution in [3.05, 3.63) is 16.9 Å². The molecule has 0 N–H and O–H groups in total. The minimum atomic E-state index is 0.0520. The molecule has 2 atom stereocenters. The van der Waals surface area contributed by atoms with E-state index >= 15 is 0 Å². The van der Waals surface area contributed by atoms with Crippen molar-refractivity contribution in [3.63, 3.8) is 0 Å². The standard InChI is InChI=1S/C12H18ClN3O2/c1-8-4-15(5-9(2)18-8)12(17)7-16-6-11(13)10(3)14-16/h6,8-9H,4-5,7H2,1-3H3/t8-,9-/m0/s1. The number of amides is 1. The highest BCUT2D eigenvalue weighted by Gasteiger charge is 2.26. The van der Waals surface area contributed by atoms with Crippen LogP contribution in [0.5, 0.6) is 0 Å². The van der Waals surface area contributed by atoms with Crippen LogP contribution in [0.25, 0.3) is 0 Å². The third-order valence-corrected chi connectivity index (χ3v) is 3.33. The molecule has 0 unspecified atom stereocenters. The summed E-state index contributed by atoms with van der Waals surface area (Å²) in [5, 5.41) is 4.78. The Hall–Kier alpha value is -1.07. The van der Waals surface area contributed by atoms with E-state index in [0.29, 0.717) is 18.1 Å². The largest absolute Gasteiger partial charge is 0.372 e. The van der Waals surface area contributed by atoms with Crippen molar-refractivity contribution in [3.8, 4) is 0 Å². The second-order valence-corrected chi connectivity index (χ2v) is 5.22. The number of aryl methyl sites for hydroxylation is 1. The van der Waals surface area contributed by atoms with E-state index in [0.717, 1.165) is 5.69 Å². The molecule has 2 rings (SSSR count). The summed E-state index contributed by atoms with van der Waals surface area (Å²) in [6, 6.07) is 0. The number of hydrogen-bond donors (Lipinski definition) is 0. The van der Waals surface area contributed by atoms with Gasteiger partial charge in [0.05, 0.1) is 22.9 Å². The van der Waals surface area contributed by atoms with Crippen molar-refractivity contribution in [1.29, 1.82) is 0 Å². The molecule has 5 nitrogen and oxygen atoms in total. The number of carbonyl (C=O) groups excluding carboxylic acids is 1. The van der Waals surface area contributed by atoms with E-state index in [1.807, 2.05) is 25.7 Å². The average Bonchev–Trinajstić information content (AvgIpc) is 2.56. The third-order valence-electron chi connectivity index (χ3n) is 2.96. The molecule has 1 aromatic heterocycles. The van der Waals surface area contributed by atoms with Crippen LogP contribution in [0.1, 0.15) is 19.5 Å². The summed E-state index contributed by atoms with van der Waals surface area (Å²) in [4.78, 5) is 14.0. The van der Waals surface area contributed by atoms with Crippen LogP contribution >= 0.6 is 11.6 Å². The fraction of sp³-hybridized carbons (Fsp3) is 0.667. The zero-order valence-electron chi connectivity index (χ0n) is 10.9. The Morgan fingerprint density at radius 2 is 2.11 bits per heavy atom. The zero-order chi connectivity index (χ0) is 13.3. The molecule has 1 saturated heterocycles. The number of morpholine rings is 1. The molecule has 2 heterocycles. The number of ether oxygens (including phenoxy) is 1. The molecule has 1 aliphatic heterocycles. The Bertz CT molecular complexity index is 417. The van der Waals surface area contributed by atoms with Gasteiger partial charge in [0.15, 0.2) is 0 Å². The molecule has 0 saturated carbocycles. The monoisotopic (exact) mass is 271 g/mol. The highest BCUT2D eigenvalue weighted by Crippen LogP contribution is 2.14. The van der Waals surface area contributed by atoms with Gasteiger partial charge in [0.1, 0.15) is 6.54 Å². The van der Waals surface area contributed by atoms with Gasteiger partial charge in [-0.1, -0.05) is 11.6 Å². The molecule has 0 bridgehead atoms. The van der Waals surface area contributed by atoms with Gasteiger partial charge in [0, 0.05) is 19.3 Å². The minimum absolute atomic E-state index is 0.0520. The van der Waals surface area contributed by atoms with Gasteiger partial charge in [-0.25, -0.2) is 0 Å². The summed E-state index contributed by atoms with van der Waals surface area (Å²) in [7, 11) is 0. The van der Waals surface area contributed by atoms with Crippen molar-refractivity contribution in [2.45, 2.75) is 39.5 Å². The highest BCUT2D eigenvalue weighted by atomic mass is 35.5. The van der Waals surface area contributed by atoms with Crippen molar-refractivity contribution in [1.82, 2.24) is 14.7 Å². The summed E-state index contributed by atoms with van der Waals surface area (Å²) in [6.45, 7) is 7.28. The Balaban J connectivity index is 1.99. The van der Waals surface area contributed by atoms with Gasteiger partial charge < -0.3 is 9.64 Å². The van der Waals surface area contributed by atoms with Crippen molar-refractivity contribution >= 4 is 17.5 Å². The number of aromatic nitrogens is 2. The average molecular weight is 272 g/mol. The summed E-state index contributed by atoms with van der Waals surface area (Å²) >= 11 is 5.92. The summed E-state index contributed by atoms with van der Waals surface area (Å²) in [5.41, 5.74) is 0.744. The van der Waals surface area contributed by atoms with Gasteiger partial charge in [-0.15, -0.1) is 0 Å². The molecule has 1 aromatic rings. The normalized spacial score (nSPS) is 24.3. The Labute approximate surface area is 112 Å². The maximum atomic E-state index is 12.1. The summed E-state index contributed by atoms with van der Waals surface area (Å²) in [6.07, 6.45) is 1.85. The minimum Gasteiger partial charge on any atom is -0.372 e. The Morgan fingerprint density at radius 3 is 2.61 bits per heavy atom. The fourth-order valence-electron chi connectivity index (χ4n) is 2.19. The van der Waals surface area contributed by atoms with Gasteiger partial charge in [0.25, 0.3) is 0 Å². The molecule has 0 aliphatic carbocycles. The molecule has 0 radical (unpaired) electrons. The highest BCUT2D eigenvalue weighted by molar-refractivity contribution is 6.31. The third kappa shape index (κ3) is 3.03. The first-order valence-corrected chi connectivity index (χ1v) is 6.46. The molecule has 100 valence electrons. The lowest BCUT2D eigenvalue weighted by Gasteiger charge is -2.35. The first kappa shape index (κ1) is 13.4. The molecular weight excluding hydrogens is 254 g/mol. The molecule has 18 heavy (non-hydrogen) atoms. The molecule has 1 amide bonds. The first-order chi connectivity index (χ1) is 8.45. The van der Waals surface area contributed by atoms with Gasteiger partial charge >= 0.3 is 0 Å². The van der Waals surface area contributed by atoms with Crippen molar-refractivity contribution < 1.29 is 9.53 Å². The lowest BCUT2D eigenvalue weighted by molar-refractivity contribution is -0.144. The van der Waals surface area contributed by atoms with Crippen LogP contribution in [0.4, 0.5) is 0 Å². The molecule has 1 aliphatic rings. The van der Waals surface area contributed by atoms with Gasteiger partial charge in [-0.05, 0) is 20.8 Å². The lowest BCUT2D eigenvalue weighted by Crippen LogP contribution is -2.49. The predicted molar refractivity (Wildman–Crippen MR) is 68.6 cm³/mol. The molecule has 0 spiro atoms. The van der Waals surface area contributed by atoms with Crippen molar-refractivity contribution in [2.24, 2.45) is 0 Å². The summed E-state index contributed by atoms with van der Waals surface area (Å²) in [5.74, 6) is 0.0520. The SMILES string of the molecule is Cc1nn(CC(=O)N2C[C@H](C)O[C@@H](C)C2)cc1Cl. The fourth-order valence-corrected chi connectivity index (χ4v) is 2.35. The number of nitrogens with zero attached hydrogens (tertiary/aromatic N) is 3. The lowest BCUT2D eigenvalue weighted by atomic mass is 10.2. The Kier molecular flexibility index (Phi) is 3.92. The van der Waals surface area contributed by atoms with Crippen LogP contribution in [0, 0.1) is 6.92 Å². The summed E-state index contributed by atoms with van der Waals surface area (Å²) < 4.78 is 7.19. The maximum Gasteiger partial charge on any atom is 0.244 e.